The first-order valence-corrected chi connectivity index (χ1v) is 3.88. The van der Waals surface area contributed by atoms with Crippen LogP contribution in [-0.4, -0.2) is 6.04 Å². The van der Waals surface area contributed by atoms with Gasteiger partial charge in [0.25, 0.3) is 0 Å². The first kappa shape index (κ1) is 9.52. The van der Waals surface area contributed by atoms with E-state index < -0.39 is 0 Å². The quantitative estimate of drug-likeness (QED) is 0.632. The van der Waals surface area contributed by atoms with Gasteiger partial charge in [-0.3, -0.25) is 0 Å². The summed E-state index contributed by atoms with van der Waals surface area (Å²) in [7, 11) is 0. The van der Waals surface area contributed by atoms with E-state index in [0.717, 1.165) is 6.42 Å². The lowest BCUT2D eigenvalue weighted by Gasteiger charge is -2.08. The predicted molar refractivity (Wildman–Crippen MR) is 52.3 cm³/mol. The molecule has 0 saturated carbocycles. The molecule has 1 aromatic rings. The van der Waals surface area contributed by atoms with Crippen LogP contribution in [0.1, 0.15) is 17.2 Å². The Balaban J connectivity index is 0.000000720. The predicted octanol–water partition coefficient (Wildman–Crippen LogP) is 0.992. The van der Waals surface area contributed by atoms with Crippen molar-refractivity contribution < 1.29 is 0 Å². The van der Waals surface area contributed by atoms with E-state index in [9.17, 15) is 0 Å². The van der Waals surface area contributed by atoms with Crippen LogP contribution >= 0.6 is 12.4 Å². The molecular weight excluding hydrogens is 172 g/mol. The molecule has 2 unspecified atom stereocenters. The molecule has 0 saturated heterocycles. The highest BCUT2D eigenvalue weighted by molar-refractivity contribution is 5.85. The Bertz CT molecular complexity index is 275. The zero-order chi connectivity index (χ0) is 7.84. The molecule has 12 heavy (non-hydrogen) atoms. The fraction of sp³-hybridized carbons (Fsp3) is 0.333. The molecule has 0 radical (unpaired) electrons. The molecule has 66 valence electrons. The summed E-state index contributed by atoms with van der Waals surface area (Å²) in [6, 6.07) is 8.37. The number of fused-ring (bicyclic) bond motifs is 1. The van der Waals surface area contributed by atoms with Gasteiger partial charge in [-0.15, -0.1) is 12.4 Å². The van der Waals surface area contributed by atoms with Crippen molar-refractivity contribution in [3.63, 3.8) is 0 Å². The topological polar surface area (TPSA) is 52.0 Å². The second-order valence-electron chi connectivity index (χ2n) is 3.09. The Morgan fingerprint density at radius 2 is 1.83 bits per heavy atom. The van der Waals surface area contributed by atoms with Gasteiger partial charge in [-0.1, -0.05) is 24.3 Å². The number of benzene rings is 1. The normalized spacial score (nSPS) is 26.2. The summed E-state index contributed by atoms with van der Waals surface area (Å²) in [5.74, 6) is 0. The summed E-state index contributed by atoms with van der Waals surface area (Å²) in [5, 5.41) is 0. The van der Waals surface area contributed by atoms with Crippen molar-refractivity contribution in [2.75, 3.05) is 0 Å². The third-order valence-electron chi connectivity index (χ3n) is 2.33. The van der Waals surface area contributed by atoms with Gasteiger partial charge >= 0.3 is 0 Å². The molecule has 0 aliphatic heterocycles. The molecule has 0 bridgehead atoms. The van der Waals surface area contributed by atoms with Crippen molar-refractivity contribution in [3.05, 3.63) is 35.4 Å². The molecule has 4 N–H and O–H groups in total. The van der Waals surface area contributed by atoms with Crippen molar-refractivity contribution in [2.45, 2.75) is 18.5 Å². The number of rotatable bonds is 0. The van der Waals surface area contributed by atoms with Crippen molar-refractivity contribution in [3.8, 4) is 0 Å². The minimum atomic E-state index is 0. The second-order valence-corrected chi connectivity index (χ2v) is 3.09. The Morgan fingerprint density at radius 3 is 2.50 bits per heavy atom. The van der Waals surface area contributed by atoms with E-state index in [0.29, 0.717) is 0 Å². The van der Waals surface area contributed by atoms with Crippen LogP contribution in [0.25, 0.3) is 0 Å². The van der Waals surface area contributed by atoms with Gasteiger partial charge in [0.2, 0.25) is 0 Å². The maximum absolute atomic E-state index is 5.86. The molecule has 1 aromatic carbocycles. The molecule has 1 aliphatic rings. The molecule has 0 spiro atoms. The Hall–Kier alpha value is -0.570. The first-order chi connectivity index (χ1) is 5.29. The molecule has 2 rings (SSSR count). The summed E-state index contributed by atoms with van der Waals surface area (Å²) < 4.78 is 0. The number of halogens is 1. The SMILES string of the molecule is Cl.NC1Cc2ccccc2C1N. The fourth-order valence-corrected chi connectivity index (χ4v) is 1.66. The summed E-state index contributed by atoms with van der Waals surface area (Å²) in [6.45, 7) is 0. The van der Waals surface area contributed by atoms with Gasteiger partial charge in [-0.25, -0.2) is 0 Å². The Labute approximate surface area is 78.4 Å². The van der Waals surface area contributed by atoms with Crippen LogP contribution in [0, 0.1) is 0 Å². The summed E-state index contributed by atoms with van der Waals surface area (Å²) in [4.78, 5) is 0. The lowest BCUT2D eigenvalue weighted by Crippen LogP contribution is -2.30. The van der Waals surface area contributed by atoms with E-state index in [1.165, 1.54) is 11.1 Å². The van der Waals surface area contributed by atoms with Crippen molar-refractivity contribution in [2.24, 2.45) is 11.5 Å². The minimum Gasteiger partial charge on any atom is -0.326 e. The molecule has 2 atom stereocenters. The maximum atomic E-state index is 5.86. The average Bonchev–Trinajstić information content (AvgIpc) is 2.30. The van der Waals surface area contributed by atoms with E-state index in [1.807, 2.05) is 12.1 Å². The number of hydrogen-bond acceptors (Lipinski definition) is 2. The molecular formula is C9H13ClN2. The zero-order valence-electron chi connectivity index (χ0n) is 6.73. The van der Waals surface area contributed by atoms with Crippen LogP contribution in [0.2, 0.25) is 0 Å². The van der Waals surface area contributed by atoms with Crippen LogP contribution in [-0.2, 0) is 6.42 Å². The first-order valence-electron chi connectivity index (χ1n) is 3.88. The van der Waals surface area contributed by atoms with Crippen LogP contribution in [0.15, 0.2) is 24.3 Å². The van der Waals surface area contributed by atoms with E-state index in [-0.39, 0.29) is 24.5 Å². The molecule has 3 heteroatoms. The van der Waals surface area contributed by atoms with Gasteiger partial charge in [0.05, 0.1) is 0 Å². The monoisotopic (exact) mass is 184 g/mol. The van der Waals surface area contributed by atoms with Crippen molar-refractivity contribution >= 4 is 12.4 Å². The van der Waals surface area contributed by atoms with Crippen LogP contribution in [0.3, 0.4) is 0 Å². The van der Waals surface area contributed by atoms with E-state index in [1.54, 1.807) is 0 Å². The molecule has 0 amide bonds. The van der Waals surface area contributed by atoms with Crippen LogP contribution in [0.4, 0.5) is 0 Å². The molecule has 0 fully saturated rings. The molecule has 0 aromatic heterocycles. The Kier molecular flexibility index (Phi) is 2.73. The second kappa shape index (κ2) is 3.44. The van der Waals surface area contributed by atoms with Gasteiger partial charge in [0.15, 0.2) is 0 Å². The van der Waals surface area contributed by atoms with E-state index in [4.69, 9.17) is 11.5 Å². The number of nitrogens with two attached hydrogens (primary N) is 2. The lowest BCUT2D eigenvalue weighted by atomic mass is 10.1. The average molecular weight is 185 g/mol. The third kappa shape index (κ3) is 1.33. The summed E-state index contributed by atoms with van der Waals surface area (Å²) >= 11 is 0. The van der Waals surface area contributed by atoms with Gasteiger partial charge in [0.1, 0.15) is 0 Å². The van der Waals surface area contributed by atoms with Crippen LogP contribution in [0.5, 0.6) is 0 Å². The van der Waals surface area contributed by atoms with E-state index in [2.05, 4.69) is 12.1 Å². The highest BCUT2D eigenvalue weighted by Crippen LogP contribution is 2.27. The fourth-order valence-electron chi connectivity index (χ4n) is 1.66. The standard InChI is InChI=1S/C9H12N2.ClH/c10-8-5-6-3-1-2-4-7(6)9(8)11;/h1-4,8-9H,5,10-11H2;1H. The largest absolute Gasteiger partial charge is 0.326 e. The van der Waals surface area contributed by atoms with E-state index >= 15 is 0 Å². The van der Waals surface area contributed by atoms with Crippen molar-refractivity contribution in [1.82, 2.24) is 0 Å². The zero-order valence-corrected chi connectivity index (χ0v) is 7.55. The van der Waals surface area contributed by atoms with Gasteiger partial charge in [0, 0.05) is 12.1 Å². The van der Waals surface area contributed by atoms with Crippen molar-refractivity contribution in [1.29, 1.82) is 0 Å². The number of hydrogen-bond donors (Lipinski definition) is 2. The van der Waals surface area contributed by atoms with Gasteiger partial charge in [-0.05, 0) is 17.5 Å². The van der Waals surface area contributed by atoms with Gasteiger partial charge < -0.3 is 11.5 Å². The molecule has 1 aliphatic carbocycles. The molecule has 0 heterocycles. The molecule has 2 nitrogen and oxygen atoms in total. The highest BCUT2D eigenvalue weighted by atomic mass is 35.5. The highest BCUT2D eigenvalue weighted by Gasteiger charge is 2.25. The summed E-state index contributed by atoms with van der Waals surface area (Å²) in [6.07, 6.45) is 0.928. The third-order valence-corrected chi connectivity index (χ3v) is 2.33. The maximum Gasteiger partial charge on any atom is 0.0454 e. The summed E-state index contributed by atoms with van der Waals surface area (Å²) in [5.41, 5.74) is 14.2. The van der Waals surface area contributed by atoms with Crippen LogP contribution < -0.4 is 11.5 Å². The Morgan fingerprint density at radius 1 is 1.17 bits per heavy atom. The lowest BCUT2D eigenvalue weighted by molar-refractivity contribution is 0.593. The minimum absolute atomic E-state index is 0. The van der Waals surface area contributed by atoms with Gasteiger partial charge in [-0.2, -0.15) is 0 Å². The smallest absolute Gasteiger partial charge is 0.0454 e.